The zero-order valence-electron chi connectivity index (χ0n) is 19.6. The van der Waals surface area contributed by atoms with Crippen molar-refractivity contribution < 1.29 is 39.7 Å². The van der Waals surface area contributed by atoms with Crippen LogP contribution in [0.5, 0.6) is 5.75 Å². The van der Waals surface area contributed by atoms with Gasteiger partial charge in [-0.2, -0.15) is 0 Å². The molecule has 0 spiro atoms. The van der Waals surface area contributed by atoms with E-state index in [1.54, 1.807) is 19.2 Å². The van der Waals surface area contributed by atoms with Crippen LogP contribution in [-0.4, -0.2) is 75.9 Å². The highest BCUT2D eigenvalue weighted by molar-refractivity contribution is 6.31. The van der Waals surface area contributed by atoms with Crippen LogP contribution in [0.25, 0.3) is 0 Å². The fourth-order valence-electron chi connectivity index (χ4n) is 5.03. The minimum absolute atomic E-state index is 0.150. The Labute approximate surface area is 209 Å². The minimum Gasteiger partial charge on any atom is -0.485 e. The molecular weight excluding hydrogens is 476 g/mol. The fourth-order valence-corrected chi connectivity index (χ4v) is 5.21. The van der Waals surface area contributed by atoms with Crippen molar-refractivity contribution in [2.75, 3.05) is 20.3 Å². The van der Waals surface area contributed by atoms with Crippen LogP contribution < -0.4 is 4.74 Å². The molecule has 8 nitrogen and oxygen atoms in total. The summed E-state index contributed by atoms with van der Waals surface area (Å²) >= 11 is 6.42. The standard InChI is InChI=1S/C26H33ClO8/c1-33-15-25(10-2-3-11-25)34-19-7-4-16(5-8-19)12-17-13-18(6-9-20(17)27)26(32)24(31)23(30)22(29)21(14-28)35-26/h4-9,13,21-24,28-32H,2-3,10-12,14-15H2,1H3/t21-,22-,23+,24-,26-/m1/s1. The molecule has 1 heterocycles. The lowest BCUT2D eigenvalue weighted by Gasteiger charge is -2.45. The Bertz CT molecular complexity index is 991. The van der Waals surface area contributed by atoms with Crippen molar-refractivity contribution in [3.63, 3.8) is 0 Å². The largest absolute Gasteiger partial charge is 0.485 e. The Hall–Kier alpha value is -1.75. The molecule has 1 saturated carbocycles. The van der Waals surface area contributed by atoms with Crippen LogP contribution in [-0.2, 0) is 21.7 Å². The summed E-state index contributed by atoms with van der Waals surface area (Å²) in [5.41, 5.74) is 1.48. The van der Waals surface area contributed by atoms with Crippen LogP contribution in [0.15, 0.2) is 42.5 Å². The van der Waals surface area contributed by atoms with Crippen LogP contribution >= 0.6 is 11.6 Å². The first-order valence-electron chi connectivity index (χ1n) is 11.8. The van der Waals surface area contributed by atoms with Crippen LogP contribution in [0.4, 0.5) is 0 Å². The molecule has 4 rings (SSSR count). The number of benzene rings is 2. The van der Waals surface area contributed by atoms with Crippen LogP contribution in [0.2, 0.25) is 5.02 Å². The first-order valence-corrected chi connectivity index (χ1v) is 12.2. The normalized spacial score (nSPS) is 30.4. The van der Waals surface area contributed by atoms with Gasteiger partial charge in [-0.3, -0.25) is 0 Å². The summed E-state index contributed by atoms with van der Waals surface area (Å²) in [6, 6.07) is 12.3. The number of rotatable bonds is 8. The van der Waals surface area contributed by atoms with Gasteiger partial charge in [0.05, 0.1) is 13.2 Å². The highest BCUT2D eigenvalue weighted by Gasteiger charge is 2.53. The molecule has 0 aromatic heterocycles. The minimum atomic E-state index is -2.33. The molecule has 1 aliphatic heterocycles. The van der Waals surface area contributed by atoms with Gasteiger partial charge < -0.3 is 39.7 Å². The molecule has 2 aromatic carbocycles. The Morgan fingerprint density at radius 1 is 1.03 bits per heavy atom. The molecule has 2 fully saturated rings. The number of aliphatic hydroxyl groups excluding tert-OH is 4. The molecule has 5 N–H and O–H groups in total. The molecule has 35 heavy (non-hydrogen) atoms. The predicted octanol–water partition coefficient (Wildman–Crippen LogP) is 1.89. The lowest BCUT2D eigenvalue weighted by Crippen LogP contribution is -2.63. The fraction of sp³-hybridized carbons (Fsp3) is 0.538. The van der Waals surface area contributed by atoms with Gasteiger partial charge in [-0.15, -0.1) is 0 Å². The Morgan fingerprint density at radius 3 is 2.34 bits per heavy atom. The van der Waals surface area contributed by atoms with E-state index in [2.05, 4.69) is 0 Å². The van der Waals surface area contributed by atoms with E-state index in [4.69, 9.17) is 25.8 Å². The molecule has 2 aromatic rings. The van der Waals surface area contributed by atoms with E-state index in [0.717, 1.165) is 37.0 Å². The maximum atomic E-state index is 11.1. The quantitative estimate of drug-likeness (QED) is 0.365. The van der Waals surface area contributed by atoms with Crippen molar-refractivity contribution in [2.45, 2.75) is 67.9 Å². The third-order valence-electron chi connectivity index (χ3n) is 7.00. The Morgan fingerprint density at radius 2 is 1.71 bits per heavy atom. The summed E-state index contributed by atoms with van der Waals surface area (Å²) in [5, 5.41) is 51.7. The molecular formula is C26H33ClO8. The monoisotopic (exact) mass is 508 g/mol. The van der Waals surface area contributed by atoms with E-state index in [0.29, 0.717) is 23.6 Å². The van der Waals surface area contributed by atoms with Crippen molar-refractivity contribution in [1.29, 1.82) is 0 Å². The Balaban J connectivity index is 1.53. The highest BCUT2D eigenvalue weighted by Crippen LogP contribution is 2.38. The van der Waals surface area contributed by atoms with E-state index < -0.39 is 36.8 Å². The Kier molecular flexibility index (Phi) is 8.05. The summed E-state index contributed by atoms with van der Waals surface area (Å²) in [6.07, 6.45) is -1.76. The van der Waals surface area contributed by atoms with E-state index >= 15 is 0 Å². The van der Waals surface area contributed by atoms with Crippen molar-refractivity contribution >= 4 is 11.6 Å². The van der Waals surface area contributed by atoms with Gasteiger partial charge in [0.25, 0.3) is 0 Å². The first-order chi connectivity index (χ1) is 16.7. The first kappa shape index (κ1) is 26.3. The summed E-state index contributed by atoms with van der Waals surface area (Å²) in [7, 11) is 1.69. The average molecular weight is 509 g/mol. The number of halogens is 1. The zero-order valence-corrected chi connectivity index (χ0v) is 20.4. The smallest absolute Gasteiger partial charge is 0.222 e. The van der Waals surface area contributed by atoms with Crippen molar-refractivity contribution in [2.24, 2.45) is 0 Å². The molecule has 9 heteroatoms. The van der Waals surface area contributed by atoms with E-state index in [9.17, 15) is 25.5 Å². The summed E-state index contributed by atoms with van der Waals surface area (Å²) in [4.78, 5) is 0. The van der Waals surface area contributed by atoms with Gasteiger partial charge in [0, 0.05) is 17.7 Å². The molecule has 1 saturated heterocycles. The molecule has 5 atom stereocenters. The molecule has 1 aliphatic carbocycles. The molecule has 2 aliphatic rings. The van der Waals surface area contributed by atoms with Crippen LogP contribution in [0, 0.1) is 0 Å². The summed E-state index contributed by atoms with van der Waals surface area (Å²) < 4.78 is 17.1. The average Bonchev–Trinajstić information content (AvgIpc) is 3.31. The second-order valence-corrected chi connectivity index (χ2v) is 9.92. The van der Waals surface area contributed by atoms with Crippen molar-refractivity contribution in [3.8, 4) is 5.75 Å². The molecule has 0 radical (unpaired) electrons. The van der Waals surface area contributed by atoms with Gasteiger partial charge >= 0.3 is 0 Å². The van der Waals surface area contributed by atoms with Gasteiger partial charge in [0.15, 0.2) is 0 Å². The van der Waals surface area contributed by atoms with Gasteiger partial charge in [0.1, 0.15) is 35.8 Å². The van der Waals surface area contributed by atoms with E-state index in [1.807, 2.05) is 24.3 Å². The lowest BCUT2D eigenvalue weighted by atomic mass is 9.87. The molecule has 192 valence electrons. The number of methoxy groups -OCH3 is 1. The second-order valence-electron chi connectivity index (χ2n) is 9.51. The van der Waals surface area contributed by atoms with Crippen LogP contribution in [0.1, 0.15) is 42.4 Å². The number of hydrogen-bond acceptors (Lipinski definition) is 8. The van der Waals surface area contributed by atoms with Crippen molar-refractivity contribution in [1.82, 2.24) is 0 Å². The number of ether oxygens (including phenoxy) is 3. The third-order valence-corrected chi connectivity index (χ3v) is 7.37. The second kappa shape index (κ2) is 10.7. The maximum absolute atomic E-state index is 11.1. The highest BCUT2D eigenvalue weighted by atomic mass is 35.5. The van der Waals surface area contributed by atoms with Gasteiger partial charge in [-0.1, -0.05) is 29.8 Å². The number of hydrogen-bond donors (Lipinski definition) is 5. The molecule has 0 bridgehead atoms. The van der Waals surface area contributed by atoms with E-state index in [-0.39, 0.29) is 11.2 Å². The van der Waals surface area contributed by atoms with Crippen LogP contribution in [0.3, 0.4) is 0 Å². The topological polar surface area (TPSA) is 129 Å². The zero-order chi connectivity index (χ0) is 25.2. The maximum Gasteiger partial charge on any atom is 0.222 e. The summed E-state index contributed by atoms with van der Waals surface area (Å²) in [5.74, 6) is -1.57. The summed E-state index contributed by atoms with van der Waals surface area (Å²) in [6.45, 7) is -0.0926. The van der Waals surface area contributed by atoms with Crippen molar-refractivity contribution in [3.05, 3.63) is 64.2 Å². The SMILES string of the molecule is COCC1(Oc2ccc(Cc3cc([C@@]4(O)O[C@H](CO)[C@@H](O)[C@H](O)[C@H]4O)ccc3Cl)cc2)CCCC1. The van der Waals surface area contributed by atoms with Gasteiger partial charge in [-0.05, 0) is 67.5 Å². The lowest BCUT2D eigenvalue weighted by molar-refractivity contribution is -0.357. The van der Waals surface area contributed by atoms with E-state index in [1.165, 1.54) is 6.07 Å². The van der Waals surface area contributed by atoms with Gasteiger partial charge in [0.2, 0.25) is 5.79 Å². The molecule has 0 amide bonds. The van der Waals surface area contributed by atoms with Gasteiger partial charge in [-0.25, -0.2) is 0 Å². The third kappa shape index (κ3) is 5.35. The number of aliphatic hydroxyl groups is 5. The molecule has 0 unspecified atom stereocenters. The predicted molar refractivity (Wildman–Crippen MR) is 128 cm³/mol.